The van der Waals surface area contributed by atoms with E-state index >= 15 is 0 Å². The average molecular weight is 304 g/mol. The van der Waals surface area contributed by atoms with Crippen LogP contribution in [0.5, 0.6) is 0 Å². The van der Waals surface area contributed by atoms with Crippen LogP contribution in [0.3, 0.4) is 0 Å². The zero-order chi connectivity index (χ0) is 15.5. The summed E-state index contributed by atoms with van der Waals surface area (Å²) in [4.78, 5) is 0.123. The van der Waals surface area contributed by atoms with Crippen LogP contribution in [0.1, 0.15) is 11.1 Å². The largest absolute Gasteiger partial charge is 0.320 e. The highest BCUT2D eigenvalue weighted by Crippen LogP contribution is 2.20. The minimum atomic E-state index is -3.72. The molecule has 2 aromatic rings. The summed E-state index contributed by atoms with van der Waals surface area (Å²) in [5.74, 6) is 5.48. The zero-order valence-corrected chi connectivity index (χ0v) is 12.6. The van der Waals surface area contributed by atoms with Crippen LogP contribution in [-0.2, 0) is 17.1 Å². The van der Waals surface area contributed by atoms with E-state index in [0.717, 1.165) is 5.56 Å². The number of hydrogen-bond acceptors (Lipinski definition) is 4. The number of benzene rings is 1. The van der Waals surface area contributed by atoms with Crippen molar-refractivity contribution >= 4 is 15.7 Å². The van der Waals surface area contributed by atoms with E-state index < -0.39 is 10.0 Å². The smallest absolute Gasteiger partial charge is 0.263 e. The number of aromatic nitrogens is 2. The average Bonchev–Trinajstić information content (AvgIpc) is 2.80. The number of hydrogen-bond donors (Lipinski definition) is 2. The van der Waals surface area contributed by atoms with Crippen molar-refractivity contribution in [2.24, 2.45) is 12.8 Å². The monoisotopic (exact) mass is 304 g/mol. The van der Waals surface area contributed by atoms with Gasteiger partial charge in [-0.1, -0.05) is 17.9 Å². The number of sulfonamides is 1. The molecule has 0 radical (unpaired) electrons. The first-order valence-electron chi connectivity index (χ1n) is 6.23. The van der Waals surface area contributed by atoms with Gasteiger partial charge in [0.15, 0.2) is 0 Å². The van der Waals surface area contributed by atoms with Crippen LogP contribution in [0.2, 0.25) is 0 Å². The molecule has 0 saturated heterocycles. The van der Waals surface area contributed by atoms with Crippen LogP contribution in [0.25, 0.3) is 0 Å². The van der Waals surface area contributed by atoms with Gasteiger partial charge in [0.25, 0.3) is 10.0 Å². The maximum atomic E-state index is 12.5. The molecule has 6 nitrogen and oxygen atoms in total. The fourth-order valence-electron chi connectivity index (χ4n) is 1.81. The molecule has 0 saturated carbocycles. The molecule has 1 heterocycles. The first-order chi connectivity index (χ1) is 9.92. The van der Waals surface area contributed by atoms with Gasteiger partial charge in [0.2, 0.25) is 0 Å². The predicted molar refractivity (Wildman–Crippen MR) is 81.1 cm³/mol. The molecule has 2 rings (SSSR count). The second kappa shape index (κ2) is 5.99. The highest BCUT2D eigenvalue weighted by molar-refractivity contribution is 7.92. The Morgan fingerprint density at radius 1 is 1.43 bits per heavy atom. The Bertz CT molecular complexity index is 813. The summed E-state index contributed by atoms with van der Waals surface area (Å²) in [6.07, 6.45) is 3.02. The summed E-state index contributed by atoms with van der Waals surface area (Å²) in [6, 6.07) is 4.99. The third kappa shape index (κ3) is 3.62. The van der Waals surface area contributed by atoms with Crippen LogP contribution in [-0.4, -0.2) is 24.7 Å². The molecule has 0 amide bonds. The lowest BCUT2D eigenvalue weighted by atomic mass is 10.1. The number of nitrogens with two attached hydrogens (primary N) is 1. The number of nitrogens with one attached hydrogen (secondary N) is 1. The SMILES string of the molecule is Cc1ccc(S(=O)(=O)Nc2cnn(C)c2)c(C#CCN)c1. The molecule has 21 heavy (non-hydrogen) atoms. The molecule has 0 aliphatic heterocycles. The fourth-order valence-corrected chi connectivity index (χ4v) is 2.98. The summed E-state index contributed by atoms with van der Waals surface area (Å²) in [6.45, 7) is 2.04. The second-order valence-electron chi connectivity index (χ2n) is 4.51. The van der Waals surface area contributed by atoms with Gasteiger partial charge in [-0.15, -0.1) is 0 Å². The Morgan fingerprint density at radius 3 is 2.81 bits per heavy atom. The molecular formula is C14H16N4O2S. The third-order valence-corrected chi connectivity index (χ3v) is 4.15. The van der Waals surface area contributed by atoms with Crippen molar-refractivity contribution in [2.45, 2.75) is 11.8 Å². The minimum Gasteiger partial charge on any atom is -0.320 e. The van der Waals surface area contributed by atoms with Crippen molar-refractivity contribution < 1.29 is 8.42 Å². The first kappa shape index (κ1) is 15.1. The molecule has 0 spiro atoms. The van der Waals surface area contributed by atoms with Crippen molar-refractivity contribution in [1.29, 1.82) is 0 Å². The lowest BCUT2D eigenvalue weighted by molar-refractivity contribution is 0.601. The Kier molecular flexibility index (Phi) is 4.31. The van der Waals surface area contributed by atoms with Gasteiger partial charge in [0, 0.05) is 18.8 Å². The molecule has 110 valence electrons. The first-order valence-corrected chi connectivity index (χ1v) is 7.72. The lowest BCUT2D eigenvalue weighted by Crippen LogP contribution is -2.14. The van der Waals surface area contributed by atoms with Crippen molar-refractivity contribution in [3.63, 3.8) is 0 Å². The molecule has 0 bridgehead atoms. The predicted octanol–water partition coefficient (Wildman–Crippen LogP) is 0.840. The van der Waals surface area contributed by atoms with E-state index in [1.54, 1.807) is 25.4 Å². The van der Waals surface area contributed by atoms with Crippen LogP contribution in [0.4, 0.5) is 5.69 Å². The molecule has 7 heteroatoms. The Labute approximate surface area is 124 Å². The van der Waals surface area contributed by atoms with Gasteiger partial charge < -0.3 is 5.73 Å². The maximum Gasteiger partial charge on any atom is 0.263 e. The van der Waals surface area contributed by atoms with E-state index in [1.165, 1.54) is 16.9 Å². The highest BCUT2D eigenvalue weighted by atomic mass is 32.2. The van der Waals surface area contributed by atoms with Crippen LogP contribution in [0.15, 0.2) is 35.5 Å². The summed E-state index contributed by atoms with van der Waals surface area (Å²) >= 11 is 0. The third-order valence-electron chi connectivity index (χ3n) is 2.71. The van der Waals surface area contributed by atoms with Gasteiger partial charge in [-0.25, -0.2) is 8.42 Å². The molecule has 1 aromatic carbocycles. The number of aryl methyl sites for hydroxylation is 2. The number of nitrogens with zero attached hydrogens (tertiary/aromatic N) is 2. The summed E-state index contributed by atoms with van der Waals surface area (Å²) < 4.78 is 28.9. The summed E-state index contributed by atoms with van der Waals surface area (Å²) in [5, 5.41) is 3.93. The molecule has 3 N–H and O–H groups in total. The summed E-state index contributed by atoms with van der Waals surface area (Å²) in [5.41, 5.74) is 7.10. The molecule has 0 unspecified atom stereocenters. The van der Waals surface area contributed by atoms with Crippen LogP contribution >= 0.6 is 0 Å². The topological polar surface area (TPSA) is 90.0 Å². The normalized spacial score (nSPS) is 10.8. The quantitative estimate of drug-likeness (QED) is 0.822. The van der Waals surface area contributed by atoms with Crippen molar-refractivity contribution in [3.05, 3.63) is 41.7 Å². The van der Waals surface area contributed by atoms with Crippen LogP contribution < -0.4 is 10.5 Å². The van der Waals surface area contributed by atoms with Gasteiger partial charge >= 0.3 is 0 Å². The minimum absolute atomic E-state index is 0.123. The molecule has 0 atom stereocenters. The summed E-state index contributed by atoms with van der Waals surface area (Å²) in [7, 11) is -2.01. The molecule has 0 fully saturated rings. The van der Waals surface area contributed by atoms with Gasteiger partial charge in [-0.2, -0.15) is 5.10 Å². The number of anilines is 1. The molecule has 0 aliphatic rings. The zero-order valence-electron chi connectivity index (χ0n) is 11.8. The second-order valence-corrected chi connectivity index (χ2v) is 6.16. The van der Waals surface area contributed by atoms with Gasteiger partial charge in [0.05, 0.1) is 18.4 Å². The van der Waals surface area contributed by atoms with E-state index in [0.29, 0.717) is 11.3 Å². The fraction of sp³-hybridized carbons (Fsp3) is 0.214. The van der Waals surface area contributed by atoms with E-state index in [2.05, 4.69) is 21.7 Å². The van der Waals surface area contributed by atoms with Crippen LogP contribution in [0, 0.1) is 18.8 Å². The Balaban J connectivity index is 2.44. The van der Waals surface area contributed by atoms with Gasteiger partial charge in [-0.3, -0.25) is 9.40 Å². The van der Waals surface area contributed by atoms with Gasteiger partial charge in [-0.05, 0) is 24.6 Å². The standard InChI is InChI=1S/C14H16N4O2S/c1-11-5-6-14(12(8-11)4-3-7-15)21(19,20)17-13-9-16-18(2)10-13/h5-6,8-10,17H,7,15H2,1-2H3. The Hall–Kier alpha value is -2.30. The van der Waals surface area contributed by atoms with Crippen molar-refractivity contribution in [1.82, 2.24) is 9.78 Å². The maximum absolute atomic E-state index is 12.5. The molecule has 1 aromatic heterocycles. The van der Waals surface area contributed by atoms with Gasteiger partial charge in [0.1, 0.15) is 4.90 Å². The van der Waals surface area contributed by atoms with Crippen molar-refractivity contribution in [2.75, 3.05) is 11.3 Å². The molecule has 0 aliphatic carbocycles. The van der Waals surface area contributed by atoms with E-state index in [9.17, 15) is 8.42 Å². The van der Waals surface area contributed by atoms with Crippen molar-refractivity contribution in [3.8, 4) is 11.8 Å². The van der Waals surface area contributed by atoms with E-state index in [1.807, 2.05) is 6.92 Å². The lowest BCUT2D eigenvalue weighted by Gasteiger charge is -2.08. The highest BCUT2D eigenvalue weighted by Gasteiger charge is 2.18. The number of rotatable bonds is 3. The van der Waals surface area contributed by atoms with E-state index in [4.69, 9.17) is 5.73 Å². The molecular weight excluding hydrogens is 288 g/mol. The Morgan fingerprint density at radius 2 is 2.19 bits per heavy atom. The van der Waals surface area contributed by atoms with E-state index in [-0.39, 0.29) is 11.4 Å².